The maximum absolute atomic E-state index is 13.5. The van der Waals surface area contributed by atoms with E-state index in [0.29, 0.717) is 11.1 Å². The van der Waals surface area contributed by atoms with E-state index in [-0.39, 0.29) is 25.2 Å². The largest absolute Gasteiger partial charge is 0.481 e. The molecule has 14 heteroatoms. The van der Waals surface area contributed by atoms with Crippen molar-refractivity contribution >= 4 is 35.6 Å². The van der Waals surface area contributed by atoms with Crippen LogP contribution >= 0.6 is 0 Å². The molecule has 0 radical (unpaired) electrons. The Morgan fingerprint density at radius 3 is 1.50 bits per heavy atom. The molecule has 0 aliphatic rings. The third kappa shape index (κ3) is 12.7. The standard InChI is InChI=1S/C32H43N5O9/c1-18(2)14-25(32(45)46)36-29(42)23(15-20-10-6-4-7-11-20)35-31(44)27(19(3)38)37-30(43)24(16-21-12-8-5-9-13-21)34-28(41)22(33)17-26(39)40/h4-13,18-19,22-25,27,38H,14-17,33H2,1-3H3,(H,34,41)(H,35,44)(H,36,42)(H,37,43)(H,39,40)(H,45,46)/t19-,22+,23+,24+,25+,27+/m1/s1. The second-order valence-electron chi connectivity index (χ2n) is 11.5. The number of carbonyl (C=O) groups is 6. The van der Waals surface area contributed by atoms with Crippen LogP contribution in [0, 0.1) is 5.92 Å². The van der Waals surface area contributed by atoms with Gasteiger partial charge < -0.3 is 42.3 Å². The SMILES string of the molecule is CC(C)C[C@H](NC(=O)[C@H](Cc1ccccc1)NC(=O)[C@@H](NC(=O)[C@H](Cc1ccccc1)NC(=O)[C@@H](N)CC(=O)O)[C@@H](C)O)C(=O)O. The van der Waals surface area contributed by atoms with Gasteiger partial charge in [-0.25, -0.2) is 4.79 Å². The van der Waals surface area contributed by atoms with Crippen molar-refractivity contribution < 1.29 is 44.1 Å². The van der Waals surface area contributed by atoms with Crippen LogP contribution in [0.2, 0.25) is 0 Å². The van der Waals surface area contributed by atoms with Gasteiger partial charge in [0.25, 0.3) is 0 Å². The number of nitrogens with two attached hydrogens (primary N) is 1. The minimum Gasteiger partial charge on any atom is -0.481 e. The van der Waals surface area contributed by atoms with E-state index in [1.165, 1.54) is 6.92 Å². The van der Waals surface area contributed by atoms with Gasteiger partial charge in [0.05, 0.1) is 18.6 Å². The molecule has 0 aliphatic heterocycles. The lowest BCUT2D eigenvalue weighted by atomic mass is 10.0. The normalized spacial score (nSPS) is 14.9. The molecule has 0 spiro atoms. The number of carbonyl (C=O) groups excluding carboxylic acids is 4. The van der Waals surface area contributed by atoms with E-state index in [4.69, 9.17) is 10.8 Å². The number of nitrogens with one attached hydrogen (secondary N) is 4. The fraction of sp³-hybridized carbons (Fsp3) is 0.438. The fourth-order valence-electron chi connectivity index (χ4n) is 4.56. The Labute approximate surface area is 267 Å². The fourth-order valence-corrected chi connectivity index (χ4v) is 4.56. The van der Waals surface area contributed by atoms with Crippen LogP contribution in [-0.4, -0.2) is 87.2 Å². The van der Waals surface area contributed by atoms with Crippen molar-refractivity contribution in [3.05, 3.63) is 71.8 Å². The first-order chi connectivity index (χ1) is 21.7. The number of hydrogen-bond acceptors (Lipinski definition) is 8. The smallest absolute Gasteiger partial charge is 0.326 e. The summed E-state index contributed by atoms with van der Waals surface area (Å²) in [6, 6.07) is 10.3. The number of carboxylic acid groups (broad SMARTS) is 2. The lowest BCUT2D eigenvalue weighted by molar-refractivity contribution is -0.143. The zero-order valence-corrected chi connectivity index (χ0v) is 26.0. The van der Waals surface area contributed by atoms with Crippen LogP contribution in [0.1, 0.15) is 44.7 Å². The van der Waals surface area contributed by atoms with Gasteiger partial charge in [-0.05, 0) is 30.4 Å². The molecule has 0 aliphatic carbocycles. The quantitative estimate of drug-likeness (QED) is 0.106. The predicted molar refractivity (Wildman–Crippen MR) is 167 cm³/mol. The van der Waals surface area contributed by atoms with Gasteiger partial charge in [0.1, 0.15) is 24.2 Å². The van der Waals surface area contributed by atoms with Crippen molar-refractivity contribution in [3.8, 4) is 0 Å². The minimum absolute atomic E-state index is 0.0267. The van der Waals surface area contributed by atoms with Crippen LogP contribution in [0.3, 0.4) is 0 Å². The van der Waals surface area contributed by atoms with Crippen molar-refractivity contribution in [2.45, 2.75) is 82.8 Å². The van der Waals surface area contributed by atoms with Gasteiger partial charge in [-0.1, -0.05) is 74.5 Å². The monoisotopic (exact) mass is 641 g/mol. The maximum Gasteiger partial charge on any atom is 0.326 e. The predicted octanol–water partition coefficient (Wildman–Crippen LogP) is -0.275. The second-order valence-corrected chi connectivity index (χ2v) is 11.5. The molecule has 2 aromatic carbocycles. The number of aliphatic hydroxyl groups excluding tert-OH is 1. The highest BCUT2D eigenvalue weighted by Gasteiger charge is 2.34. The number of benzene rings is 2. The van der Waals surface area contributed by atoms with Crippen molar-refractivity contribution in [1.29, 1.82) is 0 Å². The van der Waals surface area contributed by atoms with Gasteiger partial charge in [-0.15, -0.1) is 0 Å². The number of amides is 4. The van der Waals surface area contributed by atoms with E-state index in [9.17, 15) is 39.0 Å². The highest BCUT2D eigenvalue weighted by Crippen LogP contribution is 2.10. The Bertz CT molecular complexity index is 1340. The van der Waals surface area contributed by atoms with Crippen LogP contribution in [0.4, 0.5) is 0 Å². The summed E-state index contributed by atoms with van der Waals surface area (Å²) in [5, 5.41) is 39.0. The molecule has 46 heavy (non-hydrogen) atoms. The molecule has 0 heterocycles. The van der Waals surface area contributed by atoms with Gasteiger partial charge in [-0.3, -0.25) is 24.0 Å². The summed E-state index contributed by atoms with van der Waals surface area (Å²) in [5.41, 5.74) is 6.96. The minimum atomic E-state index is -1.60. The molecule has 250 valence electrons. The van der Waals surface area contributed by atoms with E-state index in [2.05, 4.69) is 21.3 Å². The van der Waals surface area contributed by atoms with Crippen molar-refractivity contribution in [3.63, 3.8) is 0 Å². The molecule has 2 rings (SSSR count). The summed E-state index contributed by atoms with van der Waals surface area (Å²) < 4.78 is 0. The molecule has 6 atom stereocenters. The van der Waals surface area contributed by atoms with Crippen LogP contribution in [0.25, 0.3) is 0 Å². The van der Waals surface area contributed by atoms with E-state index in [1.54, 1.807) is 74.5 Å². The van der Waals surface area contributed by atoms with Gasteiger partial charge in [0.15, 0.2) is 0 Å². The van der Waals surface area contributed by atoms with Crippen molar-refractivity contribution in [1.82, 2.24) is 21.3 Å². The molecule has 14 nitrogen and oxygen atoms in total. The molecule has 0 unspecified atom stereocenters. The molecule has 2 aromatic rings. The number of carboxylic acids is 2. The first kappa shape index (κ1) is 37.4. The van der Waals surface area contributed by atoms with Gasteiger partial charge in [-0.2, -0.15) is 0 Å². The summed E-state index contributed by atoms with van der Waals surface area (Å²) in [6.45, 7) is 4.84. The van der Waals surface area contributed by atoms with E-state index in [0.717, 1.165) is 0 Å². The van der Waals surface area contributed by atoms with Gasteiger partial charge in [0, 0.05) is 12.8 Å². The highest BCUT2D eigenvalue weighted by atomic mass is 16.4. The van der Waals surface area contributed by atoms with Crippen molar-refractivity contribution in [2.75, 3.05) is 0 Å². The van der Waals surface area contributed by atoms with Crippen molar-refractivity contribution in [2.24, 2.45) is 11.7 Å². The summed E-state index contributed by atoms with van der Waals surface area (Å²) in [5.74, 6) is -6.12. The Balaban J connectivity index is 2.31. The molecule has 0 saturated carbocycles. The molecule has 9 N–H and O–H groups in total. The maximum atomic E-state index is 13.5. The van der Waals surface area contributed by atoms with E-state index in [1.807, 2.05) is 0 Å². The van der Waals surface area contributed by atoms with E-state index < -0.39 is 78.3 Å². The molecule has 0 bridgehead atoms. The van der Waals surface area contributed by atoms with E-state index >= 15 is 0 Å². The first-order valence-corrected chi connectivity index (χ1v) is 14.9. The summed E-state index contributed by atoms with van der Waals surface area (Å²) >= 11 is 0. The summed E-state index contributed by atoms with van der Waals surface area (Å²) in [7, 11) is 0. The van der Waals surface area contributed by atoms with Crippen LogP contribution < -0.4 is 27.0 Å². The van der Waals surface area contributed by atoms with Crippen LogP contribution in [0.15, 0.2) is 60.7 Å². The molecule has 0 aromatic heterocycles. The van der Waals surface area contributed by atoms with Crippen LogP contribution in [0.5, 0.6) is 0 Å². The molecule has 0 fully saturated rings. The average molecular weight is 642 g/mol. The Kier molecular flexibility index (Phi) is 14.8. The number of aliphatic hydroxyl groups is 1. The van der Waals surface area contributed by atoms with Crippen LogP contribution in [-0.2, 0) is 41.6 Å². The lowest BCUT2D eigenvalue weighted by Gasteiger charge is -2.28. The first-order valence-electron chi connectivity index (χ1n) is 14.9. The summed E-state index contributed by atoms with van der Waals surface area (Å²) in [6.07, 6.45) is -2.10. The number of hydrogen-bond donors (Lipinski definition) is 8. The number of rotatable bonds is 18. The lowest BCUT2D eigenvalue weighted by Crippen LogP contribution is -2.61. The number of aliphatic carboxylic acids is 2. The Morgan fingerprint density at radius 2 is 1.09 bits per heavy atom. The molecule has 0 saturated heterocycles. The zero-order chi connectivity index (χ0) is 34.4. The topological polar surface area (TPSA) is 237 Å². The van der Waals surface area contributed by atoms with Gasteiger partial charge >= 0.3 is 11.9 Å². The third-order valence-electron chi connectivity index (χ3n) is 6.95. The average Bonchev–Trinajstić information content (AvgIpc) is 2.98. The highest BCUT2D eigenvalue weighted by molar-refractivity contribution is 5.96. The molecular formula is C32H43N5O9. The third-order valence-corrected chi connectivity index (χ3v) is 6.95. The summed E-state index contributed by atoms with van der Waals surface area (Å²) in [4.78, 5) is 75.8. The second kappa shape index (κ2) is 18.2. The van der Waals surface area contributed by atoms with Gasteiger partial charge in [0.2, 0.25) is 23.6 Å². The zero-order valence-electron chi connectivity index (χ0n) is 26.0. The molecular weight excluding hydrogens is 598 g/mol. The molecule has 4 amide bonds. The Hall–Kier alpha value is -4.82. The Morgan fingerprint density at radius 1 is 0.652 bits per heavy atom.